The Balaban J connectivity index is 1.61. The number of alkyl halides is 3. The normalized spacial score (nSPS) is 13.0. The molecule has 4 rings (SSSR count). The maximum atomic E-state index is 15.4. The van der Waals surface area contributed by atoms with Crippen molar-refractivity contribution >= 4 is 0 Å². The van der Waals surface area contributed by atoms with Crippen LogP contribution in [0.2, 0.25) is 0 Å². The molecule has 0 fully saturated rings. The number of halogens is 5. The van der Waals surface area contributed by atoms with Crippen LogP contribution >= 0.6 is 0 Å². The topological polar surface area (TPSA) is 0 Å². The first-order valence-corrected chi connectivity index (χ1v) is 11.6. The van der Waals surface area contributed by atoms with Gasteiger partial charge in [-0.2, -0.15) is 13.2 Å². The van der Waals surface area contributed by atoms with E-state index in [1.54, 1.807) is 0 Å². The van der Waals surface area contributed by atoms with Crippen LogP contribution in [0.5, 0.6) is 0 Å². The molecule has 0 N–H and O–H groups in total. The van der Waals surface area contributed by atoms with Crippen molar-refractivity contribution < 1.29 is 22.0 Å². The summed E-state index contributed by atoms with van der Waals surface area (Å²) >= 11 is 0. The van der Waals surface area contributed by atoms with Gasteiger partial charge in [-0.3, -0.25) is 0 Å². The standard InChI is InChI=1S/C28H27F5/c1-2-3-4-5-6-7-18-8-14-22-20(16-18)11-15-23-24(22)17-25(29)26(27(23)30)19-9-12-21(13-10-19)28(31,32)33/h8-10,12-14,16-17H,2-7,11,15H2,1H3. The highest BCUT2D eigenvalue weighted by atomic mass is 19.4. The lowest BCUT2D eigenvalue weighted by Crippen LogP contribution is -2.09. The van der Waals surface area contributed by atoms with E-state index in [0.717, 1.165) is 48.2 Å². The van der Waals surface area contributed by atoms with E-state index in [-0.39, 0.29) is 11.1 Å². The Morgan fingerprint density at radius 3 is 2.21 bits per heavy atom. The number of aryl methyl sites for hydroxylation is 2. The molecule has 0 unspecified atom stereocenters. The van der Waals surface area contributed by atoms with Crippen LogP contribution in [0.15, 0.2) is 48.5 Å². The van der Waals surface area contributed by atoms with Gasteiger partial charge in [0.25, 0.3) is 0 Å². The minimum atomic E-state index is -4.50. The van der Waals surface area contributed by atoms with Crippen LogP contribution in [0, 0.1) is 11.6 Å². The van der Waals surface area contributed by atoms with E-state index in [1.807, 2.05) is 12.1 Å². The summed E-state index contributed by atoms with van der Waals surface area (Å²) in [5.41, 5.74) is 3.12. The van der Waals surface area contributed by atoms with Crippen molar-refractivity contribution in [2.45, 2.75) is 64.5 Å². The SMILES string of the molecule is CCCCCCCc1ccc2c(c1)CCc1c-2cc(F)c(-c2ccc(C(F)(F)F)cc2)c1F. The molecule has 0 amide bonds. The number of hydrogen-bond donors (Lipinski definition) is 0. The summed E-state index contributed by atoms with van der Waals surface area (Å²) in [5, 5.41) is 0. The predicted octanol–water partition coefficient (Wildman–Crippen LogP) is 8.93. The van der Waals surface area contributed by atoms with Crippen LogP contribution in [-0.4, -0.2) is 0 Å². The summed E-state index contributed by atoms with van der Waals surface area (Å²) in [6, 6.07) is 11.4. The molecule has 33 heavy (non-hydrogen) atoms. The molecule has 0 saturated heterocycles. The third-order valence-electron chi connectivity index (χ3n) is 6.49. The van der Waals surface area contributed by atoms with Crippen LogP contribution in [0.3, 0.4) is 0 Å². The summed E-state index contributed by atoms with van der Waals surface area (Å²) in [4.78, 5) is 0. The molecule has 3 aromatic rings. The van der Waals surface area contributed by atoms with Crippen LogP contribution in [0.25, 0.3) is 22.3 Å². The lowest BCUT2D eigenvalue weighted by atomic mass is 9.82. The molecule has 3 aromatic carbocycles. The fourth-order valence-corrected chi connectivity index (χ4v) is 4.70. The van der Waals surface area contributed by atoms with Gasteiger partial charge >= 0.3 is 6.18 Å². The number of fused-ring (bicyclic) bond motifs is 3. The molecule has 174 valence electrons. The summed E-state index contributed by atoms with van der Waals surface area (Å²) in [5.74, 6) is -1.45. The summed E-state index contributed by atoms with van der Waals surface area (Å²) in [6.45, 7) is 2.19. The van der Waals surface area contributed by atoms with Crippen molar-refractivity contribution in [1.82, 2.24) is 0 Å². The fraction of sp³-hybridized carbons (Fsp3) is 0.357. The highest BCUT2D eigenvalue weighted by Gasteiger charge is 2.31. The second kappa shape index (κ2) is 9.66. The highest BCUT2D eigenvalue weighted by Crippen LogP contribution is 2.41. The molecule has 0 atom stereocenters. The summed E-state index contributed by atoms with van der Waals surface area (Å²) < 4.78 is 69.0. The molecule has 5 heteroatoms. The first-order chi connectivity index (χ1) is 15.8. The van der Waals surface area contributed by atoms with Gasteiger partial charge in [-0.15, -0.1) is 0 Å². The van der Waals surface area contributed by atoms with E-state index in [1.165, 1.54) is 37.3 Å². The van der Waals surface area contributed by atoms with Crippen molar-refractivity contribution in [3.63, 3.8) is 0 Å². The molecule has 0 aromatic heterocycles. The van der Waals surface area contributed by atoms with Crippen molar-refractivity contribution in [3.8, 4) is 22.3 Å². The van der Waals surface area contributed by atoms with Gasteiger partial charge in [0.05, 0.1) is 11.1 Å². The Bertz CT molecular complexity index is 1130. The molecule has 1 aliphatic rings. The molecule has 0 nitrogen and oxygen atoms in total. The van der Waals surface area contributed by atoms with Crippen LogP contribution in [-0.2, 0) is 25.4 Å². The van der Waals surface area contributed by atoms with E-state index < -0.39 is 23.4 Å². The quantitative estimate of drug-likeness (QED) is 0.245. The molecule has 0 saturated carbocycles. The van der Waals surface area contributed by atoms with Crippen LogP contribution in [0.1, 0.15) is 61.3 Å². The zero-order valence-electron chi connectivity index (χ0n) is 18.7. The Morgan fingerprint density at radius 2 is 1.52 bits per heavy atom. The first kappa shape index (κ1) is 23.5. The number of unbranched alkanes of at least 4 members (excludes halogenated alkanes) is 4. The van der Waals surface area contributed by atoms with Crippen molar-refractivity contribution in [1.29, 1.82) is 0 Å². The van der Waals surface area contributed by atoms with Gasteiger partial charge in [-0.1, -0.05) is 62.9 Å². The minimum Gasteiger partial charge on any atom is -0.206 e. The van der Waals surface area contributed by atoms with Gasteiger partial charge in [0.2, 0.25) is 0 Å². The first-order valence-electron chi connectivity index (χ1n) is 11.6. The lowest BCUT2D eigenvalue weighted by molar-refractivity contribution is -0.137. The average Bonchev–Trinajstić information content (AvgIpc) is 2.78. The number of hydrogen-bond acceptors (Lipinski definition) is 0. The average molecular weight is 459 g/mol. The van der Waals surface area contributed by atoms with Crippen molar-refractivity contribution in [2.24, 2.45) is 0 Å². The van der Waals surface area contributed by atoms with Gasteiger partial charge in [-0.25, -0.2) is 8.78 Å². The van der Waals surface area contributed by atoms with Gasteiger partial charge in [0.1, 0.15) is 11.6 Å². The maximum Gasteiger partial charge on any atom is 0.416 e. The Kier molecular flexibility index (Phi) is 6.87. The smallest absolute Gasteiger partial charge is 0.206 e. The van der Waals surface area contributed by atoms with Crippen molar-refractivity contribution in [2.75, 3.05) is 0 Å². The zero-order chi connectivity index (χ0) is 23.6. The zero-order valence-corrected chi connectivity index (χ0v) is 18.7. The molecule has 1 aliphatic carbocycles. The monoisotopic (exact) mass is 458 g/mol. The fourth-order valence-electron chi connectivity index (χ4n) is 4.70. The van der Waals surface area contributed by atoms with Crippen molar-refractivity contribution in [3.05, 3.63) is 82.4 Å². The maximum absolute atomic E-state index is 15.4. The molecule has 0 heterocycles. The molecule has 0 radical (unpaired) electrons. The predicted molar refractivity (Wildman–Crippen MR) is 122 cm³/mol. The van der Waals surface area contributed by atoms with Gasteiger partial charge < -0.3 is 0 Å². The lowest BCUT2D eigenvalue weighted by Gasteiger charge is -2.23. The molecule has 0 aliphatic heterocycles. The van der Waals surface area contributed by atoms with E-state index in [0.29, 0.717) is 24.0 Å². The van der Waals surface area contributed by atoms with Gasteiger partial charge in [-0.05, 0) is 77.3 Å². The largest absolute Gasteiger partial charge is 0.416 e. The Morgan fingerprint density at radius 1 is 0.788 bits per heavy atom. The third kappa shape index (κ3) is 4.97. The van der Waals surface area contributed by atoms with E-state index in [9.17, 15) is 13.2 Å². The number of benzene rings is 3. The minimum absolute atomic E-state index is 0.102. The second-order valence-electron chi connectivity index (χ2n) is 8.80. The molecular formula is C28H27F5. The Labute approximate surface area is 191 Å². The molecular weight excluding hydrogens is 431 g/mol. The molecule has 0 bridgehead atoms. The van der Waals surface area contributed by atoms with Crippen LogP contribution in [0.4, 0.5) is 22.0 Å². The van der Waals surface area contributed by atoms with Gasteiger partial charge in [0.15, 0.2) is 0 Å². The van der Waals surface area contributed by atoms with Crippen LogP contribution < -0.4 is 0 Å². The number of rotatable bonds is 7. The van der Waals surface area contributed by atoms with E-state index in [4.69, 9.17) is 0 Å². The molecule has 0 spiro atoms. The van der Waals surface area contributed by atoms with Gasteiger partial charge in [0, 0.05) is 0 Å². The summed E-state index contributed by atoms with van der Waals surface area (Å²) in [7, 11) is 0. The van der Waals surface area contributed by atoms with E-state index in [2.05, 4.69) is 13.0 Å². The third-order valence-corrected chi connectivity index (χ3v) is 6.49. The highest BCUT2D eigenvalue weighted by molar-refractivity contribution is 5.78. The van der Waals surface area contributed by atoms with E-state index >= 15 is 8.78 Å². The second-order valence-corrected chi connectivity index (χ2v) is 8.80. The Hall–Kier alpha value is -2.69. The summed E-state index contributed by atoms with van der Waals surface area (Å²) in [6.07, 6.45) is 3.64.